The number of nitrogens with zero attached hydrogens (tertiary/aromatic N) is 1. The maximum atomic E-state index is 5.62. The van der Waals surface area contributed by atoms with Crippen molar-refractivity contribution in [1.29, 1.82) is 0 Å². The summed E-state index contributed by atoms with van der Waals surface area (Å²) < 4.78 is 5.62. The molecule has 2 heteroatoms. The maximum absolute atomic E-state index is 5.62. The van der Waals surface area contributed by atoms with E-state index in [0.29, 0.717) is 0 Å². The zero-order valence-corrected chi connectivity index (χ0v) is 12.6. The predicted octanol–water partition coefficient (Wildman–Crippen LogP) is 3.89. The molecule has 0 saturated carbocycles. The molecule has 2 rings (SSSR count). The quantitative estimate of drug-likeness (QED) is 0.551. The zero-order valence-electron chi connectivity index (χ0n) is 12.6. The van der Waals surface area contributed by atoms with E-state index < -0.39 is 0 Å². The molecule has 0 fully saturated rings. The Labute approximate surface area is 122 Å². The van der Waals surface area contributed by atoms with Gasteiger partial charge in [0.05, 0.1) is 12.9 Å². The van der Waals surface area contributed by atoms with Crippen LogP contribution in [0.25, 0.3) is 5.57 Å². The molecular formula is C18H25NO. The van der Waals surface area contributed by atoms with Crippen molar-refractivity contribution >= 4 is 5.57 Å². The van der Waals surface area contributed by atoms with E-state index in [9.17, 15) is 0 Å². The van der Waals surface area contributed by atoms with E-state index in [0.717, 1.165) is 39.1 Å². The van der Waals surface area contributed by atoms with Gasteiger partial charge in [0.25, 0.3) is 0 Å². The fraction of sp³-hybridized carbons (Fsp3) is 0.444. The number of aryl methyl sites for hydroxylation is 1. The second-order valence-electron chi connectivity index (χ2n) is 5.06. The molecule has 108 valence electrons. The molecule has 0 aliphatic heterocycles. The Morgan fingerprint density at radius 3 is 2.80 bits per heavy atom. The molecular weight excluding hydrogens is 246 g/mol. The standard InChI is InChI=1S/C18H25NO/c1-3-19(4-2)13-15-20-14-12-17-10-7-9-16-8-5-6-11-18(16)17/h5-6,8,10-12,14H,3-4,7,9,13,15H2,1-2H3/b14-12+. The van der Waals surface area contributed by atoms with E-state index in [2.05, 4.69) is 55.2 Å². The van der Waals surface area contributed by atoms with Crippen molar-refractivity contribution < 1.29 is 4.74 Å². The van der Waals surface area contributed by atoms with Crippen LogP contribution in [-0.4, -0.2) is 31.1 Å². The van der Waals surface area contributed by atoms with E-state index in [1.165, 1.54) is 16.7 Å². The Morgan fingerprint density at radius 2 is 2.00 bits per heavy atom. The number of benzene rings is 1. The van der Waals surface area contributed by atoms with Crippen LogP contribution in [0.1, 0.15) is 31.4 Å². The van der Waals surface area contributed by atoms with Crippen LogP contribution in [0, 0.1) is 0 Å². The lowest BCUT2D eigenvalue weighted by atomic mass is 9.91. The Morgan fingerprint density at radius 1 is 1.20 bits per heavy atom. The normalized spacial score (nSPS) is 14.4. The van der Waals surface area contributed by atoms with Crippen LogP contribution in [-0.2, 0) is 11.2 Å². The minimum absolute atomic E-state index is 0.757. The van der Waals surface area contributed by atoms with Crippen LogP contribution < -0.4 is 0 Å². The highest BCUT2D eigenvalue weighted by atomic mass is 16.5. The van der Waals surface area contributed by atoms with Crippen molar-refractivity contribution in [2.45, 2.75) is 26.7 Å². The third-order valence-corrected chi connectivity index (χ3v) is 3.87. The first-order valence-electron chi connectivity index (χ1n) is 7.64. The summed E-state index contributed by atoms with van der Waals surface area (Å²) >= 11 is 0. The number of fused-ring (bicyclic) bond motifs is 1. The molecule has 0 heterocycles. The summed E-state index contributed by atoms with van der Waals surface area (Å²) in [6.07, 6.45) is 8.51. The maximum Gasteiger partial charge on any atom is 0.1000 e. The number of rotatable bonds is 7. The number of allylic oxidation sites excluding steroid dienone is 3. The predicted molar refractivity (Wildman–Crippen MR) is 85.6 cm³/mol. The number of hydrogen-bond donors (Lipinski definition) is 0. The molecule has 1 aromatic rings. The van der Waals surface area contributed by atoms with Gasteiger partial charge in [0, 0.05) is 6.54 Å². The van der Waals surface area contributed by atoms with Crippen LogP contribution in [0.15, 0.2) is 42.7 Å². The topological polar surface area (TPSA) is 12.5 Å². The van der Waals surface area contributed by atoms with Crippen molar-refractivity contribution in [1.82, 2.24) is 4.90 Å². The fourth-order valence-corrected chi connectivity index (χ4v) is 2.58. The van der Waals surface area contributed by atoms with Crippen molar-refractivity contribution in [2.24, 2.45) is 0 Å². The molecule has 0 N–H and O–H groups in total. The largest absolute Gasteiger partial charge is 0.500 e. The lowest BCUT2D eigenvalue weighted by Gasteiger charge is -2.17. The van der Waals surface area contributed by atoms with Gasteiger partial charge < -0.3 is 9.64 Å². The van der Waals surface area contributed by atoms with Gasteiger partial charge in [-0.05, 0) is 48.7 Å². The number of likely N-dealkylation sites (N-methyl/N-ethyl adjacent to an activating group) is 1. The van der Waals surface area contributed by atoms with Gasteiger partial charge in [-0.1, -0.05) is 44.2 Å². The Bertz CT molecular complexity index is 472. The second kappa shape index (κ2) is 7.91. The minimum atomic E-state index is 0.757. The summed E-state index contributed by atoms with van der Waals surface area (Å²) in [5.74, 6) is 0. The summed E-state index contributed by atoms with van der Waals surface area (Å²) in [5, 5.41) is 0. The summed E-state index contributed by atoms with van der Waals surface area (Å²) in [4.78, 5) is 2.36. The van der Waals surface area contributed by atoms with Crippen molar-refractivity contribution in [3.05, 3.63) is 53.8 Å². The molecule has 0 atom stereocenters. The summed E-state index contributed by atoms with van der Waals surface area (Å²) in [7, 11) is 0. The molecule has 0 spiro atoms. The highest BCUT2D eigenvalue weighted by molar-refractivity contribution is 5.77. The van der Waals surface area contributed by atoms with Crippen LogP contribution in [0.3, 0.4) is 0 Å². The fourth-order valence-electron chi connectivity index (χ4n) is 2.58. The first-order chi connectivity index (χ1) is 9.85. The van der Waals surface area contributed by atoms with Gasteiger partial charge in [0.2, 0.25) is 0 Å². The first kappa shape index (κ1) is 14.9. The zero-order chi connectivity index (χ0) is 14.2. The Hall–Kier alpha value is -1.54. The summed E-state index contributed by atoms with van der Waals surface area (Å²) in [5.41, 5.74) is 4.08. The smallest absolute Gasteiger partial charge is 0.1000 e. The van der Waals surface area contributed by atoms with Gasteiger partial charge in [-0.15, -0.1) is 0 Å². The minimum Gasteiger partial charge on any atom is -0.500 e. The van der Waals surface area contributed by atoms with E-state index in [-0.39, 0.29) is 0 Å². The average Bonchev–Trinajstić information content (AvgIpc) is 2.51. The highest BCUT2D eigenvalue weighted by Crippen LogP contribution is 2.26. The van der Waals surface area contributed by atoms with Gasteiger partial charge in [0.1, 0.15) is 0 Å². The van der Waals surface area contributed by atoms with Crippen molar-refractivity contribution in [3.8, 4) is 0 Å². The second-order valence-corrected chi connectivity index (χ2v) is 5.06. The lowest BCUT2D eigenvalue weighted by molar-refractivity contribution is 0.186. The van der Waals surface area contributed by atoms with Gasteiger partial charge in [0.15, 0.2) is 0 Å². The number of ether oxygens (including phenoxy) is 1. The van der Waals surface area contributed by atoms with E-state index >= 15 is 0 Å². The van der Waals surface area contributed by atoms with Crippen LogP contribution >= 0.6 is 0 Å². The Balaban J connectivity index is 1.84. The van der Waals surface area contributed by atoms with E-state index in [1.807, 2.05) is 6.26 Å². The molecule has 20 heavy (non-hydrogen) atoms. The molecule has 1 aromatic carbocycles. The monoisotopic (exact) mass is 271 g/mol. The highest BCUT2D eigenvalue weighted by Gasteiger charge is 2.09. The first-order valence-corrected chi connectivity index (χ1v) is 7.64. The lowest BCUT2D eigenvalue weighted by Crippen LogP contribution is -2.26. The van der Waals surface area contributed by atoms with Gasteiger partial charge in [-0.2, -0.15) is 0 Å². The van der Waals surface area contributed by atoms with Crippen molar-refractivity contribution in [2.75, 3.05) is 26.2 Å². The summed E-state index contributed by atoms with van der Waals surface area (Å²) in [6, 6.07) is 8.64. The molecule has 1 aliphatic carbocycles. The molecule has 2 nitrogen and oxygen atoms in total. The molecule has 0 bridgehead atoms. The summed E-state index contributed by atoms with van der Waals surface area (Å²) in [6.45, 7) is 8.29. The molecule has 0 aromatic heterocycles. The third kappa shape index (κ3) is 3.97. The van der Waals surface area contributed by atoms with Gasteiger partial charge in [-0.3, -0.25) is 0 Å². The van der Waals surface area contributed by atoms with Crippen LogP contribution in [0.5, 0.6) is 0 Å². The number of hydrogen-bond acceptors (Lipinski definition) is 2. The Kier molecular flexibility index (Phi) is 5.87. The molecule has 0 saturated heterocycles. The average molecular weight is 271 g/mol. The molecule has 0 unspecified atom stereocenters. The van der Waals surface area contributed by atoms with Crippen molar-refractivity contribution in [3.63, 3.8) is 0 Å². The van der Waals surface area contributed by atoms with Gasteiger partial charge in [-0.25, -0.2) is 0 Å². The van der Waals surface area contributed by atoms with Crippen LogP contribution in [0.2, 0.25) is 0 Å². The van der Waals surface area contributed by atoms with Crippen LogP contribution in [0.4, 0.5) is 0 Å². The SMILES string of the molecule is CCN(CC)CCO/C=C/C1=CCCc2ccccc21. The van der Waals surface area contributed by atoms with E-state index in [1.54, 1.807) is 0 Å². The molecule has 0 radical (unpaired) electrons. The van der Waals surface area contributed by atoms with Gasteiger partial charge >= 0.3 is 0 Å². The molecule has 1 aliphatic rings. The molecule has 0 amide bonds. The van der Waals surface area contributed by atoms with E-state index in [4.69, 9.17) is 4.74 Å². The third-order valence-electron chi connectivity index (χ3n) is 3.87.